The third-order valence-electron chi connectivity index (χ3n) is 4.45. The van der Waals surface area contributed by atoms with Crippen molar-refractivity contribution in [2.45, 2.75) is 30.7 Å². The molecule has 1 aliphatic heterocycles. The van der Waals surface area contributed by atoms with Crippen LogP contribution in [0.2, 0.25) is 0 Å². The summed E-state index contributed by atoms with van der Waals surface area (Å²) < 4.78 is 5.15. The second kappa shape index (κ2) is 4.62. The van der Waals surface area contributed by atoms with Gasteiger partial charge in [-0.2, -0.15) is 0 Å². The fourth-order valence-corrected chi connectivity index (χ4v) is 2.90. The van der Waals surface area contributed by atoms with Crippen LogP contribution in [0.25, 0.3) is 0 Å². The van der Waals surface area contributed by atoms with Crippen molar-refractivity contribution < 1.29 is 14.6 Å². The molecule has 1 aliphatic carbocycles. The van der Waals surface area contributed by atoms with Crippen LogP contribution in [-0.2, 0) is 15.1 Å². The molecule has 0 spiro atoms. The average Bonchev–Trinajstić information content (AvgIpc) is 2.30. The number of aliphatic carboxylic acids is 1. The maximum atomic E-state index is 11.4. The number of hydrogen-bond acceptors (Lipinski definition) is 3. The van der Waals surface area contributed by atoms with Crippen molar-refractivity contribution in [3.8, 4) is 0 Å². The lowest BCUT2D eigenvalue weighted by Gasteiger charge is -2.38. The van der Waals surface area contributed by atoms with Crippen molar-refractivity contribution in [3.05, 3.63) is 35.4 Å². The number of nitrogens with two attached hydrogens (primary N) is 1. The molecule has 2 aliphatic rings. The van der Waals surface area contributed by atoms with Crippen molar-refractivity contribution in [2.75, 3.05) is 13.2 Å². The molecular formula is C15H19NO3. The summed E-state index contributed by atoms with van der Waals surface area (Å²) in [5.74, 6) is -0.789. The summed E-state index contributed by atoms with van der Waals surface area (Å²) in [5, 5.41) is 9.40. The van der Waals surface area contributed by atoms with Gasteiger partial charge in [0.05, 0.1) is 24.7 Å². The van der Waals surface area contributed by atoms with Crippen LogP contribution in [-0.4, -0.2) is 24.3 Å². The highest BCUT2D eigenvalue weighted by atomic mass is 16.5. The van der Waals surface area contributed by atoms with Crippen LogP contribution in [0.5, 0.6) is 0 Å². The molecule has 2 fully saturated rings. The molecule has 0 amide bonds. The summed E-state index contributed by atoms with van der Waals surface area (Å²) in [6.45, 7) is 1.08. The second-order valence-electron chi connectivity index (χ2n) is 5.78. The third-order valence-corrected chi connectivity index (χ3v) is 4.45. The van der Waals surface area contributed by atoms with Gasteiger partial charge in [-0.15, -0.1) is 0 Å². The topological polar surface area (TPSA) is 72.6 Å². The number of carboxylic acids is 1. The van der Waals surface area contributed by atoms with Crippen LogP contribution in [0.1, 0.15) is 36.3 Å². The smallest absolute Gasteiger partial charge is 0.311 e. The summed E-state index contributed by atoms with van der Waals surface area (Å²) in [4.78, 5) is 11.4. The van der Waals surface area contributed by atoms with E-state index in [1.165, 1.54) is 0 Å². The summed E-state index contributed by atoms with van der Waals surface area (Å²) in [6.07, 6.45) is 3.19. The Morgan fingerprint density at radius 3 is 2.32 bits per heavy atom. The number of benzene rings is 1. The monoisotopic (exact) mass is 261 g/mol. The van der Waals surface area contributed by atoms with Gasteiger partial charge in [-0.05, 0) is 29.9 Å². The van der Waals surface area contributed by atoms with Gasteiger partial charge in [0, 0.05) is 0 Å². The molecule has 1 aromatic carbocycles. The highest BCUT2D eigenvalue weighted by Gasteiger charge is 2.37. The summed E-state index contributed by atoms with van der Waals surface area (Å²) >= 11 is 0. The molecule has 3 N–H and O–H groups in total. The number of hydrogen-bond donors (Lipinski definition) is 2. The second-order valence-corrected chi connectivity index (χ2v) is 5.78. The van der Waals surface area contributed by atoms with Crippen LogP contribution in [0.4, 0.5) is 0 Å². The molecule has 0 bridgehead atoms. The lowest BCUT2D eigenvalue weighted by molar-refractivity contribution is -0.141. The minimum absolute atomic E-state index is 0.294. The maximum absolute atomic E-state index is 11.4. The van der Waals surface area contributed by atoms with Crippen LogP contribution < -0.4 is 5.73 Å². The predicted molar refractivity (Wildman–Crippen MR) is 70.8 cm³/mol. The number of carboxylic acid groups (broad SMARTS) is 1. The zero-order valence-electron chi connectivity index (χ0n) is 10.8. The summed E-state index contributed by atoms with van der Waals surface area (Å²) in [6, 6.07) is 7.73. The first-order valence-corrected chi connectivity index (χ1v) is 6.80. The minimum Gasteiger partial charge on any atom is -0.481 e. The number of ether oxygens (including phenoxy) is 1. The largest absolute Gasteiger partial charge is 0.481 e. The van der Waals surface area contributed by atoms with Gasteiger partial charge in [0.25, 0.3) is 0 Å². The first-order valence-electron chi connectivity index (χ1n) is 6.80. The molecule has 4 nitrogen and oxygen atoms in total. The molecule has 19 heavy (non-hydrogen) atoms. The Labute approximate surface area is 112 Å². The van der Waals surface area contributed by atoms with Gasteiger partial charge in [-0.3, -0.25) is 4.79 Å². The Morgan fingerprint density at radius 1 is 1.32 bits per heavy atom. The lowest BCUT2D eigenvalue weighted by atomic mass is 9.72. The molecule has 102 valence electrons. The third kappa shape index (κ3) is 2.15. The predicted octanol–water partition coefficient (Wildman–Crippen LogP) is 1.84. The van der Waals surface area contributed by atoms with Crippen molar-refractivity contribution in [3.63, 3.8) is 0 Å². The molecule has 1 saturated heterocycles. The highest BCUT2D eigenvalue weighted by molar-refractivity contribution is 5.76. The molecular weight excluding hydrogens is 242 g/mol. The average molecular weight is 261 g/mol. The van der Waals surface area contributed by atoms with Crippen molar-refractivity contribution in [1.29, 1.82) is 0 Å². The van der Waals surface area contributed by atoms with Gasteiger partial charge < -0.3 is 15.6 Å². The van der Waals surface area contributed by atoms with Crippen molar-refractivity contribution in [1.82, 2.24) is 0 Å². The Kier molecular flexibility index (Phi) is 3.07. The van der Waals surface area contributed by atoms with E-state index >= 15 is 0 Å². The summed E-state index contributed by atoms with van der Waals surface area (Å²) in [5.41, 5.74) is 7.71. The zero-order chi connectivity index (χ0) is 13.5. The van der Waals surface area contributed by atoms with Gasteiger partial charge in [-0.1, -0.05) is 30.7 Å². The first kappa shape index (κ1) is 12.6. The zero-order valence-corrected chi connectivity index (χ0v) is 10.8. The molecule has 1 heterocycles. The molecule has 1 unspecified atom stereocenters. The van der Waals surface area contributed by atoms with Crippen LogP contribution in [0.3, 0.4) is 0 Å². The van der Waals surface area contributed by atoms with Crippen LogP contribution in [0.15, 0.2) is 24.3 Å². The quantitative estimate of drug-likeness (QED) is 0.867. The Morgan fingerprint density at radius 2 is 1.95 bits per heavy atom. The van der Waals surface area contributed by atoms with Gasteiger partial charge in [0.2, 0.25) is 0 Å². The maximum Gasteiger partial charge on any atom is 0.311 e. The molecule has 3 rings (SSSR count). The Balaban J connectivity index is 1.82. The standard InChI is InChI=1S/C15H19NO3/c16-15(8-19-9-15)12-6-4-11(5-7-12)13(14(17)18)10-2-1-3-10/h4-7,10,13H,1-3,8-9,16H2,(H,17,18). The fourth-order valence-electron chi connectivity index (χ4n) is 2.90. The van der Waals surface area contributed by atoms with E-state index in [0.717, 1.165) is 30.4 Å². The summed E-state index contributed by atoms with van der Waals surface area (Å²) in [7, 11) is 0. The van der Waals surface area contributed by atoms with Crippen LogP contribution >= 0.6 is 0 Å². The minimum atomic E-state index is -0.716. The van der Waals surface area contributed by atoms with E-state index in [9.17, 15) is 9.90 Å². The molecule has 0 radical (unpaired) electrons. The van der Waals surface area contributed by atoms with E-state index in [-0.39, 0.29) is 11.5 Å². The van der Waals surface area contributed by atoms with Gasteiger partial charge in [-0.25, -0.2) is 0 Å². The van der Waals surface area contributed by atoms with Gasteiger partial charge in [0.15, 0.2) is 0 Å². The van der Waals surface area contributed by atoms with E-state index in [0.29, 0.717) is 19.1 Å². The van der Waals surface area contributed by atoms with E-state index in [2.05, 4.69) is 0 Å². The van der Waals surface area contributed by atoms with Gasteiger partial charge >= 0.3 is 5.97 Å². The van der Waals surface area contributed by atoms with E-state index in [1.807, 2.05) is 24.3 Å². The fraction of sp³-hybridized carbons (Fsp3) is 0.533. The van der Waals surface area contributed by atoms with Crippen LogP contribution in [0, 0.1) is 5.92 Å². The molecule has 1 saturated carbocycles. The first-order chi connectivity index (χ1) is 9.10. The number of carbonyl (C=O) groups is 1. The number of rotatable bonds is 4. The highest BCUT2D eigenvalue weighted by Crippen LogP contribution is 2.40. The van der Waals surface area contributed by atoms with Gasteiger partial charge in [0.1, 0.15) is 0 Å². The molecule has 1 atom stereocenters. The van der Waals surface area contributed by atoms with E-state index in [4.69, 9.17) is 10.5 Å². The van der Waals surface area contributed by atoms with E-state index < -0.39 is 5.97 Å². The van der Waals surface area contributed by atoms with Crippen molar-refractivity contribution in [2.24, 2.45) is 11.7 Å². The molecule has 0 aromatic heterocycles. The van der Waals surface area contributed by atoms with Crippen molar-refractivity contribution >= 4 is 5.97 Å². The SMILES string of the molecule is NC1(c2ccc(C(C(=O)O)C3CCC3)cc2)COC1. The molecule has 1 aromatic rings. The molecule has 4 heteroatoms. The normalized spacial score (nSPS) is 23.2. The Bertz CT molecular complexity index is 475. The lowest BCUT2D eigenvalue weighted by Crippen LogP contribution is -2.54. The Hall–Kier alpha value is -1.39. The van der Waals surface area contributed by atoms with E-state index in [1.54, 1.807) is 0 Å².